The highest BCUT2D eigenvalue weighted by atomic mass is 79.9. The van der Waals surface area contributed by atoms with Crippen LogP contribution in [0.1, 0.15) is 35.1 Å². The van der Waals surface area contributed by atoms with Crippen LogP contribution in [0.4, 0.5) is 0 Å². The molecule has 0 atom stereocenters. The Morgan fingerprint density at radius 1 is 0.682 bits per heavy atom. The lowest BCUT2D eigenvalue weighted by Crippen LogP contribution is -1.89. The second kappa shape index (κ2) is 5.82. The third-order valence-corrected chi connectivity index (χ3v) is 5.52. The molecule has 0 nitrogen and oxygen atoms in total. The van der Waals surface area contributed by atoms with Crippen LogP contribution in [0.25, 0.3) is 12.2 Å². The van der Waals surface area contributed by atoms with Crippen molar-refractivity contribution in [1.29, 1.82) is 0 Å². The van der Waals surface area contributed by atoms with Crippen molar-refractivity contribution in [2.24, 2.45) is 0 Å². The van der Waals surface area contributed by atoms with Crippen molar-refractivity contribution >= 4 is 44.0 Å². The van der Waals surface area contributed by atoms with Gasteiger partial charge < -0.3 is 0 Å². The van der Waals surface area contributed by atoms with E-state index in [0.29, 0.717) is 0 Å². The van der Waals surface area contributed by atoms with Gasteiger partial charge in [-0.2, -0.15) is 0 Å². The van der Waals surface area contributed by atoms with Gasteiger partial charge in [0, 0.05) is 8.95 Å². The lowest BCUT2D eigenvalue weighted by atomic mass is 10.0. The standard InChI is InChI=1S/C20H16Br2/c21-19-5-3-15-7-13(9-17(15)11-19)1-2-14-8-16-4-6-20(22)12-18(16)10-14/h3-7,10-12H,1-2,8-9H2. The average molecular weight is 416 g/mol. The normalized spacial score (nSPS) is 15.4. The SMILES string of the molecule is Brc1ccc2c(c1)C=C(CCC1=Cc3ccc(Br)cc3C1)C2. The Balaban J connectivity index is 1.42. The van der Waals surface area contributed by atoms with E-state index in [9.17, 15) is 0 Å². The van der Waals surface area contributed by atoms with Crippen LogP contribution in [0.15, 0.2) is 56.5 Å². The summed E-state index contributed by atoms with van der Waals surface area (Å²) in [5.41, 5.74) is 8.82. The molecule has 0 aliphatic heterocycles. The topological polar surface area (TPSA) is 0 Å². The van der Waals surface area contributed by atoms with Crippen LogP contribution in [0.3, 0.4) is 0 Å². The van der Waals surface area contributed by atoms with E-state index in [1.54, 1.807) is 11.1 Å². The molecule has 2 aliphatic rings. The third-order valence-electron chi connectivity index (χ3n) is 4.53. The molecule has 22 heavy (non-hydrogen) atoms. The number of allylic oxidation sites excluding steroid dienone is 2. The lowest BCUT2D eigenvalue weighted by molar-refractivity contribution is 0.887. The van der Waals surface area contributed by atoms with Gasteiger partial charge in [0.25, 0.3) is 0 Å². The first-order valence-electron chi connectivity index (χ1n) is 7.63. The molecule has 2 aromatic rings. The molecular formula is C20H16Br2. The molecule has 4 rings (SSSR count). The summed E-state index contributed by atoms with van der Waals surface area (Å²) in [6.45, 7) is 0. The van der Waals surface area contributed by atoms with E-state index in [2.05, 4.69) is 80.4 Å². The van der Waals surface area contributed by atoms with Gasteiger partial charge in [-0.25, -0.2) is 0 Å². The van der Waals surface area contributed by atoms with Crippen LogP contribution in [-0.4, -0.2) is 0 Å². The number of hydrogen-bond acceptors (Lipinski definition) is 0. The maximum absolute atomic E-state index is 3.56. The van der Waals surface area contributed by atoms with E-state index in [1.165, 1.54) is 44.0 Å². The zero-order valence-corrected chi connectivity index (χ0v) is 15.4. The smallest absolute Gasteiger partial charge is 0.0181 e. The van der Waals surface area contributed by atoms with Gasteiger partial charge in [-0.15, -0.1) is 0 Å². The highest BCUT2D eigenvalue weighted by Crippen LogP contribution is 2.34. The summed E-state index contributed by atoms with van der Waals surface area (Å²) in [5, 5.41) is 0. The quantitative estimate of drug-likeness (QED) is 0.531. The first-order valence-corrected chi connectivity index (χ1v) is 9.22. The summed E-state index contributed by atoms with van der Waals surface area (Å²) in [4.78, 5) is 0. The predicted molar refractivity (Wildman–Crippen MR) is 101 cm³/mol. The van der Waals surface area contributed by atoms with Crippen LogP contribution in [0.2, 0.25) is 0 Å². The molecular weight excluding hydrogens is 400 g/mol. The maximum atomic E-state index is 3.56. The Bertz CT molecular complexity index is 812. The zero-order chi connectivity index (χ0) is 15.1. The highest BCUT2D eigenvalue weighted by Gasteiger charge is 2.16. The first kappa shape index (κ1) is 14.5. The predicted octanol–water partition coefficient (Wildman–Crippen LogP) is 6.57. The van der Waals surface area contributed by atoms with Gasteiger partial charge in [0.05, 0.1) is 0 Å². The largest absolute Gasteiger partial charge is 0.0649 e. The first-order chi connectivity index (χ1) is 10.7. The van der Waals surface area contributed by atoms with Crippen LogP contribution in [-0.2, 0) is 12.8 Å². The van der Waals surface area contributed by atoms with E-state index in [1.807, 2.05) is 0 Å². The minimum Gasteiger partial charge on any atom is -0.0649 e. The van der Waals surface area contributed by atoms with Crippen molar-refractivity contribution < 1.29 is 0 Å². The molecule has 0 unspecified atom stereocenters. The molecule has 2 aromatic carbocycles. The van der Waals surface area contributed by atoms with Crippen molar-refractivity contribution in [2.75, 3.05) is 0 Å². The second-order valence-electron chi connectivity index (χ2n) is 6.14. The zero-order valence-electron chi connectivity index (χ0n) is 12.2. The summed E-state index contributed by atoms with van der Waals surface area (Å²) in [6.07, 6.45) is 9.33. The molecule has 2 heteroatoms. The number of rotatable bonds is 3. The number of fused-ring (bicyclic) bond motifs is 2. The molecule has 0 fully saturated rings. The van der Waals surface area contributed by atoms with E-state index >= 15 is 0 Å². The molecule has 0 N–H and O–H groups in total. The molecule has 0 radical (unpaired) electrons. The van der Waals surface area contributed by atoms with E-state index < -0.39 is 0 Å². The minimum absolute atomic E-state index is 1.11. The van der Waals surface area contributed by atoms with Crippen LogP contribution in [0.5, 0.6) is 0 Å². The Kier molecular flexibility index (Phi) is 3.83. The molecule has 2 aliphatic carbocycles. The Labute approximate surface area is 148 Å². The molecule has 110 valence electrons. The molecule has 0 heterocycles. The summed E-state index contributed by atoms with van der Waals surface area (Å²) >= 11 is 7.12. The minimum atomic E-state index is 1.11. The Morgan fingerprint density at radius 3 is 2.14 bits per heavy atom. The van der Waals surface area contributed by atoms with Gasteiger partial charge in [-0.1, -0.05) is 67.3 Å². The summed E-state index contributed by atoms with van der Waals surface area (Å²) < 4.78 is 2.35. The van der Waals surface area contributed by atoms with Crippen LogP contribution >= 0.6 is 31.9 Å². The molecule has 0 aromatic heterocycles. The van der Waals surface area contributed by atoms with E-state index in [-0.39, 0.29) is 0 Å². The number of hydrogen-bond donors (Lipinski definition) is 0. The van der Waals surface area contributed by atoms with Gasteiger partial charge in [0.1, 0.15) is 0 Å². The van der Waals surface area contributed by atoms with Crippen molar-refractivity contribution in [3.05, 3.63) is 78.7 Å². The lowest BCUT2D eigenvalue weighted by Gasteiger charge is -2.04. The number of benzene rings is 2. The molecule has 0 saturated heterocycles. The monoisotopic (exact) mass is 414 g/mol. The summed E-state index contributed by atoms with van der Waals surface area (Å²) in [6, 6.07) is 13.2. The Morgan fingerprint density at radius 2 is 1.32 bits per heavy atom. The summed E-state index contributed by atoms with van der Waals surface area (Å²) in [7, 11) is 0. The molecule has 0 spiro atoms. The average Bonchev–Trinajstić information content (AvgIpc) is 3.07. The van der Waals surface area contributed by atoms with Gasteiger partial charge in [-0.05, 0) is 72.2 Å². The van der Waals surface area contributed by atoms with Gasteiger partial charge >= 0.3 is 0 Å². The fourth-order valence-corrected chi connectivity index (χ4v) is 4.19. The van der Waals surface area contributed by atoms with Gasteiger partial charge in [0.15, 0.2) is 0 Å². The van der Waals surface area contributed by atoms with Crippen molar-refractivity contribution in [3.63, 3.8) is 0 Å². The molecule has 0 amide bonds. The molecule has 0 bridgehead atoms. The van der Waals surface area contributed by atoms with Crippen LogP contribution < -0.4 is 0 Å². The number of halogens is 2. The van der Waals surface area contributed by atoms with Crippen molar-refractivity contribution in [2.45, 2.75) is 25.7 Å². The summed E-state index contributed by atoms with van der Waals surface area (Å²) in [5.74, 6) is 0. The van der Waals surface area contributed by atoms with E-state index in [4.69, 9.17) is 0 Å². The van der Waals surface area contributed by atoms with Crippen LogP contribution in [0, 0.1) is 0 Å². The molecule has 0 saturated carbocycles. The van der Waals surface area contributed by atoms with E-state index in [0.717, 1.165) is 12.8 Å². The fourth-order valence-electron chi connectivity index (χ4n) is 3.40. The maximum Gasteiger partial charge on any atom is 0.0181 e. The van der Waals surface area contributed by atoms with Gasteiger partial charge in [-0.3, -0.25) is 0 Å². The van der Waals surface area contributed by atoms with Crippen molar-refractivity contribution in [1.82, 2.24) is 0 Å². The fraction of sp³-hybridized carbons (Fsp3) is 0.200. The highest BCUT2D eigenvalue weighted by molar-refractivity contribution is 9.10. The second-order valence-corrected chi connectivity index (χ2v) is 7.98. The van der Waals surface area contributed by atoms with Crippen molar-refractivity contribution in [3.8, 4) is 0 Å². The van der Waals surface area contributed by atoms with Gasteiger partial charge in [0.2, 0.25) is 0 Å². The third kappa shape index (κ3) is 2.87. The Hall–Kier alpha value is -1.12.